The summed E-state index contributed by atoms with van der Waals surface area (Å²) in [6, 6.07) is 8.62. The zero-order valence-corrected chi connectivity index (χ0v) is 13.3. The van der Waals surface area contributed by atoms with Gasteiger partial charge in [-0.05, 0) is 30.4 Å². The fourth-order valence-electron chi connectivity index (χ4n) is 2.50. The minimum absolute atomic E-state index is 0.829. The standard InChI is InChI=1S/C19H26N2/c1-3-5-6-7-9-17-14-20-19(21-15-17)18-12-10-16(8-4-2)11-13-18/h10-15H,3-9H2,1-2H3. The molecule has 0 bridgehead atoms. The van der Waals surface area contributed by atoms with Crippen LogP contribution in [0.4, 0.5) is 0 Å². The molecule has 0 saturated carbocycles. The molecule has 0 atom stereocenters. The van der Waals surface area contributed by atoms with Crippen molar-refractivity contribution in [2.24, 2.45) is 0 Å². The summed E-state index contributed by atoms with van der Waals surface area (Å²) in [7, 11) is 0. The SMILES string of the molecule is CCCCCCc1cnc(-c2ccc(CCC)cc2)nc1. The Hall–Kier alpha value is -1.70. The van der Waals surface area contributed by atoms with Crippen molar-refractivity contribution in [1.29, 1.82) is 0 Å². The van der Waals surface area contributed by atoms with Gasteiger partial charge in [0, 0.05) is 18.0 Å². The van der Waals surface area contributed by atoms with E-state index in [1.807, 2.05) is 12.4 Å². The van der Waals surface area contributed by atoms with E-state index in [9.17, 15) is 0 Å². The first-order chi connectivity index (χ1) is 10.3. The van der Waals surface area contributed by atoms with Gasteiger partial charge in [-0.1, -0.05) is 63.8 Å². The molecule has 0 unspecified atom stereocenters. The Balaban J connectivity index is 1.94. The van der Waals surface area contributed by atoms with Crippen LogP contribution in [0, 0.1) is 0 Å². The second-order valence-electron chi connectivity index (χ2n) is 5.67. The molecule has 112 valence electrons. The highest BCUT2D eigenvalue weighted by Crippen LogP contribution is 2.16. The van der Waals surface area contributed by atoms with Crippen LogP contribution in [0.15, 0.2) is 36.7 Å². The summed E-state index contributed by atoms with van der Waals surface area (Å²) in [5, 5.41) is 0. The maximum absolute atomic E-state index is 4.51. The molecular weight excluding hydrogens is 256 g/mol. The zero-order valence-electron chi connectivity index (χ0n) is 13.3. The number of aryl methyl sites for hydroxylation is 2. The summed E-state index contributed by atoms with van der Waals surface area (Å²) < 4.78 is 0. The first-order valence-electron chi connectivity index (χ1n) is 8.23. The van der Waals surface area contributed by atoms with E-state index in [-0.39, 0.29) is 0 Å². The van der Waals surface area contributed by atoms with Crippen LogP contribution in [-0.2, 0) is 12.8 Å². The fourth-order valence-corrected chi connectivity index (χ4v) is 2.50. The summed E-state index contributed by atoms with van der Waals surface area (Å²) >= 11 is 0. The predicted molar refractivity (Wildman–Crippen MR) is 89.3 cm³/mol. The molecule has 0 N–H and O–H groups in total. The molecule has 0 fully saturated rings. The molecule has 2 heteroatoms. The molecule has 2 rings (SSSR count). The van der Waals surface area contributed by atoms with Gasteiger partial charge in [0.2, 0.25) is 0 Å². The summed E-state index contributed by atoms with van der Waals surface area (Å²) in [5.74, 6) is 0.829. The molecule has 1 heterocycles. The normalized spacial score (nSPS) is 10.8. The van der Waals surface area contributed by atoms with Gasteiger partial charge in [0.15, 0.2) is 5.82 Å². The van der Waals surface area contributed by atoms with Gasteiger partial charge < -0.3 is 0 Å². The van der Waals surface area contributed by atoms with E-state index >= 15 is 0 Å². The lowest BCUT2D eigenvalue weighted by atomic mass is 10.1. The molecule has 0 aliphatic rings. The van der Waals surface area contributed by atoms with E-state index in [0.717, 1.165) is 24.2 Å². The minimum Gasteiger partial charge on any atom is -0.236 e. The van der Waals surface area contributed by atoms with Gasteiger partial charge in [-0.2, -0.15) is 0 Å². The topological polar surface area (TPSA) is 25.8 Å². The highest BCUT2D eigenvalue weighted by molar-refractivity contribution is 5.55. The van der Waals surface area contributed by atoms with Crippen LogP contribution in [-0.4, -0.2) is 9.97 Å². The van der Waals surface area contributed by atoms with E-state index in [0.29, 0.717) is 0 Å². The van der Waals surface area contributed by atoms with Gasteiger partial charge in [0.1, 0.15) is 0 Å². The molecule has 0 spiro atoms. The molecule has 1 aromatic heterocycles. The maximum Gasteiger partial charge on any atom is 0.159 e. The number of benzene rings is 1. The molecular formula is C19H26N2. The van der Waals surface area contributed by atoms with Gasteiger partial charge in [-0.3, -0.25) is 0 Å². The average molecular weight is 282 g/mol. The van der Waals surface area contributed by atoms with Crippen LogP contribution in [0.5, 0.6) is 0 Å². The Morgan fingerprint density at radius 2 is 1.43 bits per heavy atom. The average Bonchev–Trinajstić information content (AvgIpc) is 2.53. The molecule has 0 aliphatic heterocycles. The third-order valence-electron chi connectivity index (χ3n) is 3.78. The highest BCUT2D eigenvalue weighted by atomic mass is 14.9. The lowest BCUT2D eigenvalue weighted by Crippen LogP contribution is -1.93. The number of nitrogens with zero attached hydrogens (tertiary/aromatic N) is 2. The monoisotopic (exact) mass is 282 g/mol. The first kappa shape index (κ1) is 15.7. The summed E-state index contributed by atoms with van der Waals surface area (Å²) in [5.41, 5.74) is 3.73. The molecule has 0 aliphatic carbocycles. The van der Waals surface area contributed by atoms with Crippen molar-refractivity contribution >= 4 is 0 Å². The van der Waals surface area contributed by atoms with Crippen LogP contribution >= 0.6 is 0 Å². The smallest absolute Gasteiger partial charge is 0.159 e. The van der Waals surface area contributed by atoms with Gasteiger partial charge in [0.05, 0.1) is 0 Å². The van der Waals surface area contributed by atoms with E-state index in [1.54, 1.807) is 0 Å². The molecule has 2 aromatic rings. The van der Waals surface area contributed by atoms with E-state index in [1.165, 1.54) is 43.2 Å². The van der Waals surface area contributed by atoms with Crippen molar-refractivity contribution in [1.82, 2.24) is 9.97 Å². The molecule has 0 saturated heterocycles. The van der Waals surface area contributed by atoms with E-state index in [4.69, 9.17) is 0 Å². The Morgan fingerprint density at radius 1 is 0.714 bits per heavy atom. The Bertz CT molecular complexity index is 514. The number of aromatic nitrogens is 2. The molecule has 2 nitrogen and oxygen atoms in total. The number of hydrogen-bond donors (Lipinski definition) is 0. The van der Waals surface area contributed by atoms with Crippen molar-refractivity contribution in [3.8, 4) is 11.4 Å². The predicted octanol–water partition coefficient (Wildman–Crippen LogP) is 5.22. The highest BCUT2D eigenvalue weighted by Gasteiger charge is 2.02. The fraction of sp³-hybridized carbons (Fsp3) is 0.474. The van der Waals surface area contributed by atoms with Gasteiger partial charge in [0.25, 0.3) is 0 Å². The lowest BCUT2D eigenvalue weighted by Gasteiger charge is -2.04. The lowest BCUT2D eigenvalue weighted by molar-refractivity contribution is 0.665. The van der Waals surface area contributed by atoms with Gasteiger partial charge in [-0.15, -0.1) is 0 Å². The summed E-state index contributed by atoms with van der Waals surface area (Å²) in [4.78, 5) is 9.02. The van der Waals surface area contributed by atoms with Crippen molar-refractivity contribution < 1.29 is 0 Å². The second-order valence-corrected chi connectivity index (χ2v) is 5.67. The van der Waals surface area contributed by atoms with Gasteiger partial charge in [-0.25, -0.2) is 9.97 Å². The largest absolute Gasteiger partial charge is 0.236 e. The first-order valence-corrected chi connectivity index (χ1v) is 8.23. The second kappa shape index (κ2) is 8.56. The van der Waals surface area contributed by atoms with Gasteiger partial charge >= 0.3 is 0 Å². The quantitative estimate of drug-likeness (QED) is 0.620. The Kier molecular flexibility index (Phi) is 6.39. The van der Waals surface area contributed by atoms with Crippen molar-refractivity contribution in [2.45, 2.75) is 58.8 Å². The van der Waals surface area contributed by atoms with Crippen molar-refractivity contribution in [3.63, 3.8) is 0 Å². The molecule has 0 radical (unpaired) electrons. The third-order valence-corrected chi connectivity index (χ3v) is 3.78. The van der Waals surface area contributed by atoms with Crippen LogP contribution in [0.25, 0.3) is 11.4 Å². The maximum atomic E-state index is 4.51. The number of rotatable bonds is 8. The van der Waals surface area contributed by atoms with Crippen LogP contribution < -0.4 is 0 Å². The third kappa shape index (κ3) is 4.96. The van der Waals surface area contributed by atoms with Crippen LogP contribution in [0.3, 0.4) is 0 Å². The number of hydrogen-bond acceptors (Lipinski definition) is 2. The van der Waals surface area contributed by atoms with Crippen LogP contribution in [0.1, 0.15) is 57.1 Å². The summed E-state index contributed by atoms with van der Waals surface area (Å²) in [6.45, 7) is 4.44. The molecule has 1 aromatic carbocycles. The Morgan fingerprint density at radius 3 is 2.05 bits per heavy atom. The van der Waals surface area contributed by atoms with Crippen LogP contribution in [0.2, 0.25) is 0 Å². The molecule has 0 amide bonds. The van der Waals surface area contributed by atoms with Crippen molar-refractivity contribution in [2.75, 3.05) is 0 Å². The van der Waals surface area contributed by atoms with E-state index < -0.39 is 0 Å². The zero-order chi connectivity index (χ0) is 14.9. The van der Waals surface area contributed by atoms with E-state index in [2.05, 4.69) is 48.1 Å². The minimum atomic E-state index is 0.829. The Labute approximate surface area is 128 Å². The molecule has 21 heavy (non-hydrogen) atoms. The van der Waals surface area contributed by atoms with Crippen molar-refractivity contribution in [3.05, 3.63) is 47.8 Å². The number of unbranched alkanes of at least 4 members (excludes halogenated alkanes) is 3. The summed E-state index contributed by atoms with van der Waals surface area (Å²) in [6.07, 6.45) is 12.5.